The summed E-state index contributed by atoms with van der Waals surface area (Å²) < 4.78 is 2.36. The number of nitrogens with zero attached hydrogens (tertiary/aromatic N) is 2. The van der Waals surface area contributed by atoms with Crippen LogP contribution in [-0.2, 0) is 18.4 Å². The van der Waals surface area contributed by atoms with E-state index in [0.29, 0.717) is 6.54 Å². The van der Waals surface area contributed by atoms with Gasteiger partial charge in [-0.05, 0) is 6.92 Å². The molecule has 1 amide bonds. The first-order chi connectivity index (χ1) is 7.56. The van der Waals surface area contributed by atoms with Crippen molar-refractivity contribution in [1.29, 1.82) is 0 Å². The van der Waals surface area contributed by atoms with Gasteiger partial charge in [-0.2, -0.15) is 0 Å². The number of nitrogens with one attached hydrogen (secondary N) is 1. The monoisotopic (exact) mass is 225 g/mol. The lowest BCUT2D eigenvalue weighted by Gasteiger charge is -2.06. The molecule has 1 heterocycles. The molecule has 0 saturated heterocycles. The van der Waals surface area contributed by atoms with Crippen LogP contribution in [0, 0.1) is 0 Å². The van der Waals surface area contributed by atoms with Crippen molar-refractivity contribution in [3.8, 4) is 0 Å². The Morgan fingerprint density at radius 2 is 2.12 bits per heavy atom. The summed E-state index contributed by atoms with van der Waals surface area (Å²) in [7, 11) is 1.56. The predicted octanol–water partition coefficient (Wildman–Crippen LogP) is -0.927. The van der Waals surface area contributed by atoms with E-state index < -0.39 is 5.69 Å². The van der Waals surface area contributed by atoms with E-state index in [1.54, 1.807) is 7.05 Å². The zero-order valence-corrected chi connectivity index (χ0v) is 9.40. The van der Waals surface area contributed by atoms with Gasteiger partial charge < -0.3 is 9.88 Å². The van der Waals surface area contributed by atoms with E-state index in [0.717, 1.165) is 4.57 Å². The molecule has 0 aliphatic rings. The van der Waals surface area contributed by atoms with Gasteiger partial charge in [0.1, 0.15) is 0 Å². The molecule has 6 heteroatoms. The van der Waals surface area contributed by atoms with Gasteiger partial charge in [-0.25, -0.2) is 4.79 Å². The Balaban J connectivity index is 2.82. The number of rotatable bonds is 4. The number of amides is 1. The lowest BCUT2D eigenvalue weighted by molar-refractivity contribution is -0.121. The van der Waals surface area contributed by atoms with Crippen molar-refractivity contribution in [2.75, 3.05) is 6.54 Å². The average molecular weight is 225 g/mol. The minimum atomic E-state index is -0.406. The van der Waals surface area contributed by atoms with Crippen molar-refractivity contribution in [1.82, 2.24) is 14.5 Å². The van der Waals surface area contributed by atoms with E-state index in [9.17, 15) is 14.4 Å². The largest absolute Gasteiger partial charge is 0.356 e. The van der Waals surface area contributed by atoms with E-state index in [1.165, 1.54) is 16.8 Å². The molecule has 6 nitrogen and oxygen atoms in total. The molecule has 1 N–H and O–H groups in total. The molecule has 88 valence electrons. The molecule has 0 fully saturated rings. The maximum atomic E-state index is 11.6. The van der Waals surface area contributed by atoms with Crippen LogP contribution in [0.4, 0.5) is 0 Å². The van der Waals surface area contributed by atoms with E-state index in [2.05, 4.69) is 5.32 Å². The Hall–Kier alpha value is -1.85. The van der Waals surface area contributed by atoms with Crippen molar-refractivity contribution < 1.29 is 4.79 Å². The van der Waals surface area contributed by atoms with Gasteiger partial charge in [0.05, 0.1) is 0 Å². The Morgan fingerprint density at radius 3 is 2.75 bits per heavy atom. The van der Waals surface area contributed by atoms with Gasteiger partial charge in [-0.3, -0.25) is 14.2 Å². The van der Waals surface area contributed by atoms with Crippen LogP contribution in [0.3, 0.4) is 0 Å². The van der Waals surface area contributed by atoms with Crippen LogP contribution < -0.4 is 16.6 Å². The lowest BCUT2D eigenvalue weighted by Crippen LogP contribution is -2.39. The molecule has 0 aliphatic carbocycles. The molecule has 0 bridgehead atoms. The van der Waals surface area contributed by atoms with Gasteiger partial charge >= 0.3 is 5.69 Å². The minimum Gasteiger partial charge on any atom is -0.356 e. The van der Waals surface area contributed by atoms with Crippen molar-refractivity contribution in [3.63, 3.8) is 0 Å². The Kier molecular flexibility index (Phi) is 4.04. The van der Waals surface area contributed by atoms with E-state index in [4.69, 9.17) is 0 Å². The quantitative estimate of drug-likeness (QED) is 0.719. The topological polar surface area (TPSA) is 73.1 Å². The third kappa shape index (κ3) is 2.82. The number of hydrogen-bond acceptors (Lipinski definition) is 3. The van der Waals surface area contributed by atoms with Gasteiger partial charge in [0.25, 0.3) is 5.56 Å². The number of aryl methyl sites for hydroxylation is 1. The van der Waals surface area contributed by atoms with Crippen LogP contribution >= 0.6 is 0 Å². The second kappa shape index (κ2) is 5.29. The van der Waals surface area contributed by atoms with Crippen LogP contribution in [0.1, 0.15) is 13.3 Å². The SMILES string of the molecule is CCNC(=O)CCn1c(=O)ccn(C)c1=O. The third-order valence-corrected chi connectivity index (χ3v) is 2.18. The van der Waals surface area contributed by atoms with E-state index in [1.807, 2.05) is 6.92 Å². The average Bonchev–Trinajstić information content (AvgIpc) is 2.24. The zero-order valence-electron chi connectivity index (χ0n) is 9.40. The first kappa shape index (κ1) is 12.2. The molecule has 0 unspecified atom stereocenters. The molecule has 0 spiro atoms. The fourth-order valence-electron chi connectivity index (χ4n) is 1.32. The summed E-state index contributed by atoms with van der Waals surface area (Å²) in [6.45, 7) is 2.46. The van der Waals surface area contributed by atoms with Crippen LogP contribution in [-0.4, -0.2) is 21.6 Å². The Morgan fingerprint density at radius 1 is 1.44 bits per heavy atom. The van der Waals surface area contributed by atoms with Gasteiger partial charge in [-0.15, -0.1) is 0 Å². The molecule has 16 heavy (non-hydrogen) atoms. The highest BCUT2D eigenvalue weighted by Crippen LogP contribution is 1.83. The minimum absolute atomic E-state index is 0.109. The highest BCUT2D eigenvalue weighted by atomic mass is 16.2. The summed E-state index contributed by atoms with van der Waals surface area (Å²) in [5.74, 6) is -0.166. The molecule has 1 rings (SSSR count). The maximum Gasteiger partial charge on any atom is 0.330 e. The summed E-state index contributed by atoms with van der Waals surface area (Å²) in [6, 6.07) is 1.30. The predicted molar refractivity (Wildman–Crippen MR) is 59.2 cm³/mol. The van der Waals surface area contributed by atoms with E-state index in [-0.39, 0.29) is 24.4 Å². The summed E-state index contributed by atoms with van der Waals surface area (Å²) in [5.41, 5.74) is -0.788. The summed E-state index contributed by atoms with van der Waals surface area (Å²) in [4.78, 5) is 34.1. The third-order valence-electron chi connectivity index (χ3n) is 2.18. The fourth-order valence-corrected chi connectivity index (χ4v) is 1.32. The Labute approximate surface area is 92.5 Å². The summed E-state index contributed by atoms with van der Waals surface area (Å²) in [6.07, 6.45) is 1.54. The summed E-state index contributed by atoms with van der Waals surface area (Å²) >= 11 is 0. The molecular weight excluding hydrogens is 210 g/mol. The van der Waals surface area contributed by atoms with Gasteiger partial charge in [0.15, 0.2) is 0 Å². The van der Waals surface area contributed by atoms with Crippen LogP contribution in [0.15, 0.2) is 21.9 Å². The second-order valence-corrected chi connectivity index (χ2v) is 3.40. The molecule has 0 radical (unpaired) electrons. The van der Waals surface area contributed by atoms with Gasteiger partial charge in [0, 0.05) is 38.8 Å². The van der Waals surface area contributed by atoms with Crippen molar-refractivity contribution in [2.24, 2.45) is 7.05 Å². The Bertz CT molecular complexity index is 487. The standard InChI is InChI=1S/C10H15N3O3/c1-3-11-8(14)4-7-13-9(15)5-6-12(2)10(13)16/h5-6H,3-4,7H2,1-2H3,(H,11,14). The smallest absolute Gasteiger partial charge is 0.330 e. The lowest BCUT2D eigenvalue weighted by atomic mass is 10.4. The van der Waals surface area contributed by atoms with Crippen molar-refractivity contribution in [2.45, 2.75) is 19.9 Å². The van der Waals surface area contributed by atoms with Crippen molar-refractivity contribution >= 4 is 5.91 Å². The van der Waals surface area contributed by atoms with Gasteiger partial charge in [-0.1, -0.05) is 0 Å². The fraction of sp³-hybridized carbons (Fsp3) is 0.500. The van der Waals surface area contributed by atoms with Crippen LogP contribution in [0.5, 0.6) is 0 Å². The molecule has 0 aromatic carbocycles. The molecule has 0 aliphatic heterocycles. The van der Waals surface area contributed by atoms with Crippen LogP contribution in [0.25, 0.3) is 0 Å². The first-order valence-corrected chi connectivity index (χ1v) is 5.09. The van der Waals surface area contributed by atoms with E-state index >= 15 is 0 Å². The molecule has 1 aromatic heterocycles. The normalized spacial score (nSPS) is 10.1. The molecule has 1 aromatic rings. The number of hydrogen-bond donors (Lipinski definition) is 1. The highest BCUT2D eigenvalue weighted by molar-refractivity contribution is 5.75. The molecular formula is C10H15N3O3. The number of aromatic nitrogens is 2. The number of carbonyl (C=O) groups excluding carboxylic acids is 1. The summed E-state index contributed by atoms with van der Waals surface area (Å²) in [5, 5.41) is 2.61. The first-order valence-electron chi connectivity index (χ1n) is 5.09. The molecule has 0 saturated carbocycles. The number of carbonyl (C=O) groups is 1. The molecule has 0 atom stereocenters. The van der Waals surface area contributed by atoms with Gasteiger partial charge in [0.2, 0.25) is 5.91 Å². The maximum absolute atomic E-state index is 11.6. The zero-order chi connectivity index (χ0) is 12.1. The highest BCUT2D eigenvalue weighted by Gasteiger charge is 2.05. The second-order valence-electron chi connectivity index (χ2n) is 3.40. The van der Waals surface area contributed by atoms with Crippen molar-refractivity contribution in [3.05, 3.63) is 33.1 Å². The van der Waals surface area contributed by atoms with Crippen LogP contribution in [0.2, 0.25) is 0 Å².